The maximum atomic E-state index is 3.73. The van der Waals surface area contributed by atoms with Crippen LogP contribution in [0.1, 0.15) is 19.8 Å². The van der Waals surface area contributed by atoms with Gasteiger partial charge in [-0.05, 0) is 30.9 Å². The van der Waals surface area contributed by atoms with Crippen molar-refractivity contribution in [2.24, 2.45) is 0 Å². The van der Waals surface area contributed by atoms with Crippen molar-refractivity contribution in [2.75, 3.05) is 0 Å². The van der Waals surface area contributed by atoms with Gasteiger partial charge in [-0.15, -0.1) is 0 Å². The molecule has 0 unspecified atom stereocenters. The van der Waals surface area contributed by atoms with Gasteiger partial charge in [0.2, 0.25) is 0 Å². The summed E-state index contributed by atoms with van der Waals surface area (Å²) in [4.78, 5) is 0. The summed E-state index contributed by atoms with van der Waals surface area (Å²) in [6.45, 7) is 5.86. The summed E-state index contributed by atoms with van der Waals surface area (Å²) in [5.41, 5.74) is 2.68. The molecule has 48 valence electrons. The zero-order valence-corrected chi connectivity index (χ0v) is 5.85. The van der Waals surface area contributed by atoms with E-state index < -0.39 is 0 Å². The van der Waals surface area contributed by atoms with Gasteiger partial charge in [-0.1, -0.05) is 24.8 Å². The molecule has 0 amide bonds. The summed E-state index contributed by atoms with van der Waals surface area (Å²) in [5, 5.41) is 0. The summed E-state index contributed by atoms with van der Waals surface area (Å²) >= 11 is 0. The first-order valence-corrected chi connectivity index (χ1v) is 3.34. The molecule has 0 radical (unpaired) electrons. The van der Waals surface area contributed by atoms with Gasteiger partial charge in [0.15, 0.2) is 0 Å². The Morgan fingerprint density at radius 1 is 1.44 bits per heavy atom. The number of hydrogen-bond donors (Lipinski definition) is 0. The molecule has 0 nitrogen and oxygen atoms in total. The van der Waals surface area contributed by atoms with Crippen LogP contribution >= 0.6 is 0 Å². The molecule has 0 atom stereocenters. The third-order valence-corrected chi connectivity index (χ3v) is 1.66. The Labute approximate surface area is 56.6 Å². The minimum atomic E-state index is 1.18. The molecule has 1 aliphatic carbocycles. The van der Waals surface area contributed by atoms with Crippen LogP contribution in [0.2, 0.25) is 0 Å². The average Bonchev–Trinajstić information content (AvgIpc) is 1.89. The maximum absolute atomic E-state index is 3.73. The van der Waals surface area contributed by atoms with E-state index in [0.29, 0.717) is 0 Å². The fourth-order valence-corrected chi connectivity index (χ4v) is 1.06. The van der Waals surface area contributed by atoms with E-state index in [0.717, 1.165) is 0 Å². The normalized spacial score (nSPS) is 18.3. The van der Waals surface area contributed by atoms with E-state index in [2.05, 4.69) is 25.7 Å². The minimum absolute atomic E-state index is 1.18. The molecular formula is C9H12. The van der Waals surface area contributed by atoms with Gasteiger partial charge in [0.1, 0.15) is 0 Å². The predicted molar refractivity (Wildman–Crippen MR) is 41.3 cm³/mol. The Balaban J connectivity index is 2.79. The number of allylic oxidation sites excluding steroid dienone is 5. The third kappa shape index (κ3) is 1.32. The van der Waals surface area contributed by atoms with Crippen molar-refractivity contribution in [2.45, 2.75) is 19.8 Å². The lowest BCUT2D eigenvalue weighted by molar-refractivity contribution is 1.00. The highest BCUT2D eigenvalue weighted by Gasteiger charge is 1.97. The van der Waals surface area contributed by atoms with Crippen LogP contribution in [0.25, 0.3) is 0 Å². The molecule has 0 saturated heterocycles. The first kappa shape index (κ1) is 6.34. The zero-order valence-electron chi connectivity index (χ0n) is 5.85. The second-order valence-electron chi connectivity index (χ2n) is 2.33. The second-order valence-corrected chi connectivity index (χ2v) is 2.33. The van der Waals surface area contributed by atoms with E-state index in [1.54, 1.807) is 0 Å². The smallest absolute Gasteiger partial charge is 0.0276 e. The van der Waals surface area contributed by atoms with Crippen LogP contribution in [0.5, 0.6) is 0 Å². The molecule has 9 heavy (non-hydrogen) atoms. The Morgan fingerprint density at radius 2 is 2.11 bits per heavy atom. The van der Waals surface area contributed by atoms with Crippen LogP contribution in [0.4, 0.5) is 0 Å². The van der Waals surface area contributed by atoms with E-state index in [-0.39, 0.29) is 0 Å². The molecule has 1 aliphatic rings. The zero-order chi connectivity index (χ0) is 6.69. The van der Waals surface area contributed by atoms with E-state index in [4.69, 9.17) is 0 Å². The van der Waals surface area contributed by atoms with Crippen LogP contribution < -0.4 is 0 Å². The third-order valence-electron chi connectivity index (χ3n) is 1.66. The van der Waals surface area contributed by atoms with Crippen molar-refractivity contribution < 1.29 is 0 Å². The summed E-state index contributed by atoms with van der Waals surface area (Å²) in [6, 6.07) is 0. The van der Waals surface area contributed by atoms with Gasteiger partial charge in [0.25, 0.3) is 0 Å². The lowest BCUT2D eigenvalue weighted by Crippen LogP contribution is -1.86. The summed E-state index contributed by atoms with van der Waals surface area (Å²) in [6.07, 6.45) is 8.80. The maximum Gasteiger partial charge on any atom is -0.0276 e. The van der Waals surface area contributed by atoms with Gasteiger partial charge in [0.05, 0.1) is 0 Å². The van der Waals surface area contributed by atoms with E-state index in [1.807, 2.05) is 6.08 Å². The molecule has 0 bridgehead atoms. The summed E-state index contributed by atoms with van der Waals surface area (Å²) < 4.78 is 0. The number of rotatable bonds is 1. The molecule has 0 aromatic rings. The standard InChI is InChI=1S/C9H12/c1-3-9-7-5-4-6-8(9)2/h3,6-7H,1,4-5H2,2H3. The molecule has 0 aromatic heterocycles. The van der Waals surface area contributed by atoms with Crippen LogP contribution in [0.3, 0.4) is 0 Å². The summed E-state index contributed by atoms with van der Waals surface area (Å²) in [5.74, 6) is 0. The van der Waals surface area contributed by atoms with Gasteiger partial charge in [-0.3, -0.25) is 0 Å². The van der Waals surface area contributed by atoms with Crippen LogP contribution in [0.15, 0.2) is 36.0 Å². The Bertz CT molecular complexity index is 170. The number of hydrogen-bond acceptors (Lipinski definition) is 0. The fraction of sp³-hybridized carbons (Fsp3) is 0.333. The van der Waals surface area contributed by atoms with Crippen molar-refractivity contribution in [3.05, 3.63) is 36.0 Å². The molecule has 0 N–H and O–H groups in total. The van der Waals surface area contributed by atoms with Crippen LogP contribution in [-0.2, 0) is 0 Å². The van der Waals surface area contributed by atoms with Crippen LogP contribution in [0, 0.1) is 0 Å². The van der Waals surface area contributed by atoms with Crippen molar-refractivity contribution >= 4 is 0 Å². The first-order chi connectivity index (χ1) is 4.34. The highest BCUT2D eigenvalue weighted by molar-refractivity contribution is 5.39. The van der Waals surface area contributed by atoms with E-state index in [1.165, 1.54) is 24.0 Å². The van der Waals surface area contributed by atoms with Crippen molar-refractivity contribution in [3.63, 3.8) is 0 Å². The van der Waals surface area contributed by atoms with Crippen molar-refractivity contribution in [1.29, 1.82) is 0 Å². The van der Waals surface area contributed by atoms with Crippen LogP contribution in [-0.4, -0.2) is 0 Å². The van der Waals surface area contributed by atoms with Gasteiger partial charge in [-0.2, -0.15) is 0 Å². The van der Waals surface area contributed by atoms with Gasteiger partial charge >= 0.3 is 0 Å². The largest absolute Gasteiger partial charge is 0.0985 e. The molecule has 0 fully saturated rings. The fourth-order valence-electron chi connectivity index (χ4n) is 1.06. The monoisotopic (exact) mass is 120 g/mol. The predicted octanol–water partition coefficient (Wildman–Crippen LogP) is 2.84. The molecular weight excluding hydrogens is 108 g/mol. The lowest BCUT2D eigenvalue weighted by Gasteiger charge is -2.06. The lowest BCUT2D eigenvalue weighted by atomic mass is 10.00. The molecule has 0 heterocycles. The second kappa shape index (κ2) is 2.67. The molecule has 0 saturated carbocycles. The van der Waals surface area contributed by atoms with Gasteiger partial charge in [0, 0.05) is 0 Å². The van der Waals surface area contributed by atoms with Gasteiger partial charge in [-0.25, -0.2) is 0 Å². The molecule has 0 aliphatic heterocycles. The summed E-state index contributed by atoms with van der Waals surface area (Å²) in [7, 11) is 0. The minimum Gasteiger partial charge on any atom is -0.0985 e. The molecule has 0 aromatic carbocycles. The SMILES string of the molecule is C=CC1=CCCC=C1C. The van der Waals surface area contributed by atoms with E-state index >= 15 is 0 Å². The highest BCUT2D eigenvalue weighted by atomic mass is 14.0. The van der Waals surface area contributed by atoms with E-state index in [9.17, 15) is 0 Å². The quantitative estimate of drug-likeness (QED) is 0.499. The van der Waals surface area contributed by atoms with Crippen molar-refractivity contribution in [3.8, 4) is 0 Å². The topological polar surface area (TPSA) is 0 Å². The molecule has 1 rings (SSSR count). The Morgan fingerprint density at radius 3 is 2.56 bits per heavy atom. The highest BCUT2D eigenvalue weighted by Crippen LogP contribution is 2.17. The molecule has 0 heteroatoms. The van der Waals surface area contributed by atoms with Crippen molar-refractivity contribution in [1.82, 2.24) is 0 Å². The Kier molecular flexibility index (Phi) is 1.88. The molecule has 0 spiro atoms. The average molecular weight is 120 g/mol. The Hall–Kier alpha value is -0.780. The van der Waals surface area contributed by atoms with Gasteiger partial charge < -0.3 is 0 Å². The first-order valence-electron chi connectivity index (χ1n) is 3.34.